The molecule has 0 aliphatic carbocycles. The van der Waals surface area contributed by atoms with Crippen LogP contribution in [-0.4, -0.2) is 21.0 Å². The smallest absolute Gasteiger partial charge is 0.416 e. The third-order valence-corrected chi connectivity index (χ3v) is 6.34. The molecule has 1 saturated heterocycles. The summed E-state index contributed by atoms with van der Waals surface area (Å²) in [5.74, 6) is -1.54. The lowest BCUT2D eigenvalue weighted by Crippen LogP contribution is -2.27. The first-order valence-electron chi connectivity index (χ1n) is 10.3. The van der Waals surface area contributed by atoms with E-state index in [1.54, 1.807) is 6.07 Å². The molecule has 0 unspecified atom stereocenters. The minimum Gasteiger partial charge on any atom is -0.450 e. The Hall–Kier alpha value is -3.90. The molecular weight excluding hydrogens is 540 g/mol. The highest BCUT2D eigenvalue weighted by Gasteiger charge is 2.36. The fourth-order valence-corrected chi connectivity index (χ4v) is 4.39. The fourth-order valence-electron chi connectivity index (χ4n) is 3.33. The second-order valence-electron chi connectivity index (χ2n) is 7.62. The van der Waals surface area contributed by atoms with Gasteiger partial charge in [0.05, 0.1) is 21.9 Å². The van der Waals surface area contributed by atoms with Gasteiger partial charge in [-0.15, -0.1) is 0 Å². The number of hydrogen-bond acceptors (Lipinski definition) is 6. The third-order valence-electron chi connectivity index (χ3n) is 5.08. The molecule has 0 atom stereocenters. The molecule has 2 amide bonds. The number of thioether (sulfide) groups is 1. The van der Waals surface area contributed by atoms with E-state index in [4.69, 9.17) is 16.3 Å². The zero-order valence-corrected chi connectivity index (χ0v) is 19.9. The molecule has 1 heterocycles. The van der Waals surface area contributed by atoms with Crippen molar-refractivity contribution in [1.82, 2.24) is 4.90 Å². The Labute approximate surface area is 215 Å². The summed E-state index contributed by atoms with van der Waals surface area (Å²) in [5.41, 5.74) is -1.31. The van der Waals surface area contributed by atoms with Crippen LogP contribution in [-0.2, 0) is 17.5 Å². The van der Waals surface area contributed by atoms with Gasteiger partial charge in [-0.05, 0) is 65.4 Å². The molecular formula is C24H13ClF4N2O5S. The van der Waals surface area contributed by atoms with Gasteiger partial charge in [-0.2, -0.15) is 13.2 Å². The summed E-state index contributed by atoms with van der Waals surface area (Å²) < 4.78 is 57.5. The normalized spacial score (nSPS) is 14.9. The Morgan fingerprint density at radius 1 is 1.08 bits per heavy atom. The largest absolute Gasteiger partial charge is 0.450 e. The molecule has 1 fully saturated rings. The van der Waals surface area contributed by atoms with Crippen molar-refractivity contribution >= 4 is 46.3 Å². The number of hydrogen-bond donors (Lipinski definition) is 0. The molecule has 190 valence electrons. The van der Waals surface area contributed by atoms with E-state index >= 15 is 0 Å². The van der Waals surface area contributed by atoms with Crippen LogP contribution >= 0.6 is 23.4 Å². The van der Waals surface area contributed by atoms with Crippen molar-refractivity contribution in [3.63, 3.8) is 0 Å². The number of halogens is 5. The molecule has 1 aliphatic rings. The van der Waals surface area contributed by atoms with Crippen LogP contribution in [0.3, 0.4) is 0 Å². The molecule has 37 heavy (non-hydrogen) atoms. The van der Waals surface area contributed by atoms with Crippen LogP contribution in [0.25, 0.3) is 6.08 Å². The summed E-state index contributed by atoms with van der Waals surface area (Å²) in [6.45, 7) is -0.165. The van der Waals surface area contributed by atoms with Crippen LogP contribution < -0.4 is 4.74 Å². The summed E-state index contributed by atoms with van der Waals surface area (Å²) in [5, 5.41) is 10.8. The molecule has 0 N–H and O–H groups in total. The van der Waals surface area contributed by atoms with E-state index < -0.39 is 45.1 Å². The highest BCUT2D eigenvalue weighted by atomic mass is 35.5. The topological polar surface area (TPSA) is 89.7 Å². The minimum atomic E-state index is -4.77. The van der Waals surface area contributed by atoms with Crippen LogP contribution in [0.5, 0.6) is 11.5 Å². The molecule has 1 aliphatic heterocycles. The van der Waals surface area contributed by atoms with E-state index in [9.17, 15) is 37.3 Å². The average Bonchev–Trinajstić information content (AvgIpc) is 3.07. The Morgan fingerprint density at radius 2 is 1.84 bits per heavy atom. The first kappa shape index (κ1) is 26.2. The average molecular weight is 553 g/mol. The van der Waals surface area contributed by atoms with Crippen molar-refractivity contribution in [1.29, 1.82) is 0 Å². The second kappa shape index (κ2) is 10.2. The number of ether oxygens (including phenoxy) is 1. The SMILES string of the molecule is O=C1S/C(=C/c2cccc(Oc3ccc(C(F)(F)F)cc3[N+](=O)[O-])c2)C(=O)N1Cc1ccc(F)cc1Cl. The Kier molecular flexibility index (Phi) is 7.23. The van der Waals surface area contributed by atoms with Crippen LogP contribution in [0.4, 0.5) is 28.0 Å². The molecule has 0 aromatic heterocycles. The van der Waals surface area contributed by atoms with Gasteiger partial charge in [-0.3, -0.25) is 24.6 Å². The van der Waals surface area contributed by atoms with Crippen molar-refractivity contribution < 1.29 is 36.8 Å². The number of amides is 2. The summed E-state index contributed by atoms with van der Waals surface area (Å²) in [6, 6.07) is 11.4. The number of rotatable bonds is 6. The first-order chi connectivity index (χ1) is 17.4. The molecule has 0 radical (unpaired) electrons. The van der Waals surface area contributed by atoms with Gasteiger partial charge in [-0.25, -0.2) is 4.39 Å². The first-order valence-corrected chi connectivity index (χ1v) is 11.4. The van der Waals surface area contributed by atoms with Gasteiger partial charge < -0.3 is 4.74 Å². The van der Waals surface area contributed by atoms with Crippen molar-refractivity contribution in [3.05, 3.63) is 103 Å². The Bertz CT molecular complexity index is 1460. The maximum absolute atomic E-state index is 13.3. The van der Waals surface area contributed by atoms with Gasteiger partial charge in [0.2, 0.25) is 5.75 Å². The molecule has 13 heteroatoms. The van der Waals surface area contributed by atoms with Crippen LogP contribution in [0, 0.1) is 15.9 Å². The number of carbonyl (C=O) groups is 2. The van der Waals surface area contributed by atoms with Crippen molar-refractivity contribution in [2.75, 3.05) is 0 Å². The molecule has 0 saturated carbocycles. The van der Waals surface area contributed by atoms with Gasteiger partial charge in [0.25, 0.3) is 11.1 Å². The minimum absolute atomic E-state index is 0.0499. The lowest BCUT2D eigenvalue weighted by Gasteiger charge is -2.13. The number of benzene rings is 3. The van der Waals surface area contributed by atoms with E-state index in [0.717, 1.165) is 23.1 Å². The van der Waals surface area contributed by atoms with E-state index in [2.05, 4.69) is 0 Å². The lowest BCUT2D eigenvalue weighted by atomic mass is 10.1. The molecule has 3 aromatic carbocycles. The Balaban J connectivity index is 1.56. The number of carbonyl (C=O) groups excluding carboxylic acids is 2. The van der Waals surface area contributed by atoms with Crippen LogP contribution in [0.1, 0.15) is 16.7 Å². The molecule has 4 rings (SSSR count). The van der Waals surface area contributed by atoms with E-state index in [-0.39, 0.29) is 22.2 Å². The molecule has 0 spiro atoms. The standard InChI is InChI=1S/C24H13ClF4N2O5S/c25-18-11-16(26)6-4-14(18)12-30-22(32)21(37-23(30)33)9-13-2-1-3-17(8-13)36-20-7-5-15(24(27,28)29)10-19(20)31(34)35/h1-11H,12H2/b21-9+. The van der Waals surface area contributed by atoms with Gasteiger partial charge in [0.1, 0.15) is 11.6 Å². The quantitative estimate of drug-likeness (QED) is 0.137. The van der Waals surface area contributed by atoms with Gasteiger partial charge in [0.15, 0.2) is 0 Å². The zero-order valence-electron chi connectivity index (χ0n) is 18.3. The summed E-state index contributed by atoms with van der Waals surface area (Å²) in [6.07, 6.45) is -3.38. The van der Waals surface area contributed by atoms with Crippen LogP contribution in [0.15, 0.2) is 65.6 Å². The maximum atomic E-state index is 13.3. The van der Waals surface area contributed by atoms with Crippen molar-refractivity contribution in [2.45, 2.75) is 12.7 Å². The summed E-state index contributed by atoms with van der Waals surface area (Å²) in [7, 11) is 0. The third kappa shape index (κ3) is 5.92. The molecule has 3 aromatic rings. The summed E-state index contributed by atoms with van der Waals surface area (Å²) in [4.78, 5) is 36.6. The van der Waals surface area contributed by atoms with Gasteiger partial charge in [-0.1, -0.05) is 29.8 Å². The highest BCUT2D eigenvalue weighted by Crippen LogP contribution is 2.39. The van der Waals surface area contributed by atoms with Crippen molar-refractivity contribution in [3.8, 4) is 11.5 Å². The second-order valence-corrected chi connectivity index (χ2v) is 9.02. The number of nitrogens with zero attached hydrogens (tertiary/aromatic N) is 2. The van der Waals surface area contributed by atoms with Gasteiger partial charge in [0, 0.05) is 11.1 Å². The number of nitro benzene ring substituents is 1. The van der Waals surface area contributed by atoms with Crippen LogP contribution in [0.2, 0.25) is 5.02 Å². The monoisotopic (exact) mass is 552 g/mol. The number of imide groups is 1. The van der Waals surface area contributed by atoms with E-state index in [0.29, 0.717) is 35.0 Å². The van der Waals surface area contributed by atoms with E-state index in [1.807, 2.05) is 0 Å². The Morgan fingerprint density at radius 3 is 2.51 bits per heavy atom. The maximum Gasteiger partial charge on any atom is 0.416 e. The molecule has 7 nitrogen and oxygen atoms in total. The zero-order chi connectivity index (χ0) is 26.9. The fraction of sp³-hybridized carbons (Fsp3) is 0.0833. The van der Waals surface area contributed by atoms with Gasteiger partial charge >= 0.3 is 11.9 Å². The lowest BCUT2D eigenvalue weighted by molar-refractivity contribution is -0.385. The molecule has 0 bridgehead atoms. The number of alkyl halides is 3. The summed E-state index contributed by atoms with van der Waals surface area (Å²) >= 11 is 6.66. The van der Waals surface area contributed by atoms with E-state index in [1.165, 1.54) is 30.3 Å². The van der Waals surface area contributed by atoms with Crippen molar-refractivity contribution in [2.24, 2.45) is 0 Å². The predicted molar refractivity (Wildman–Crippen MR) is 128 cm³/mol. The number of nitro groups is 1. The highest BCUT2D eigenvalue weighted by molar-refractivity contribution is 8.18. The predicted octanol–water partition coefficient (Wildman–Crippen LogP) is 7.43.